The fourth-order valence-electron chi connectivity index (χ4n) is 2.58. The van der Waals surface area contributed by atoms with Crippen molar-refractivity contribution < 1.29 is 12.8 Å². The van der Waals surface area contributed by atoms with Gasteiger partial charge >= 0.3 is 0 Å². The summed E-state index contributed by atoms with van der Waals surface area (Å²) in [5, 5.41) is 8.37. The Morgan fingerprint density at radius 3 is 2.36 bits per heavy atom. The van der Waals surface area contributed by atoms with E-state index in [4.69, 9.17) is 16.0 Å². The van der Waals surface area contributed by atoms with Crippen molar-refractivity contribution in [3.8, 4) is 0 Å². The Morgan fingerprint density at radius 1 is 1.18 bits per heavy atom. The van der Waals surface area contributed by atoms with Gasteiger partial charge in [-0.05, 0) is 37.1 Å². The number of piperidine rings is 1. The molecular formula is C14H16ClN3O3S. The van der Waals surface area contributed by atoms with Crippen LogP contribution in [-0.2, 0) is 10.0 Å². The summed E-state index contributed by atoms with van der Waals surface area (Å²) in [6.45, 7) is 2.63. The first-order valence-electron chi connectivity index (χ1n) is 7.02. The average Bonchev–Trinajstić information content (AvgIpc) is 2.94. The second-order valence-electron chi connectivity index (χ2n) is 5.29. The summed E-state index contributed by atoms with van der Waals surface area (Å²) < 4.78 is 32.1. The summed E-state index contributed by atoms with van der Waals surface area (Å²) in [5.74, 6) is 1.25. The smallest absolute Gasteiger partial charge is 0.243 e. The maximum absolute atomic E-state index is 12.6. The van der Waals surface area contributed by atoms with Gasteiger partial charge in [-0.25, -0.2) is 8.42 Å². The Bertz CT molecular complexity index is 750. The van der Waals surface area contributed by atoms with Crippen LogP contribution in [0.25, 0.3) is 0 Å². The van der Waals surface area contributed by atoms with Gasteiger partial charge in [0, 0.05) is 31.0 Å². The quantitative estimate of drug-likeness (QED) is 0.857. The number of benzene rings is 1. The molecule has 118 valence electrons. The van der Waals surface area contributed by atoms with Crippen molar-refractivity contribution in [1.82, 2.24) is 14.5 Å². The number of halogens is 1. The molecular weight excluding hydrogens is 326 g/mol. The van der Waals surface area contributed by atoms with Gasteiger partial charge in [0.05, 0.1) is 4.90 Å². The third-order valence-corrected chi connectivity index (χ3v) is 5.96. The minimum absolute atomic E-state index is 0.123. The molecule has 22 heavy (non-hydrogen) atoms. The summed E-state index contributed by atoms with van der Waals surface area (Å²) in [5.41, 5.74) is 0. The zero-order valence-electron chi connectivity index (χ0n) is 12.1. The van der Waals surface area contributed by atoms with Crippen molar-refractivity contribution in [3.63, 3.8) is 0 Å². The summed E-state index contributed by atoms with van der Waals surface area (Å²) >= 11 is 5.80. The van der Waals surface area contributed by atoms with Crippen LogP contribution in [0, 0.1) is 6.92 Å². The van der Waals surface area contributed by atoms with Gasteiger partial charge in [0.15, 0.2) is 0 Å². The molecule has 0 bridgehead atoms. The highest BCUT2D eigenvalue weighted by Crippen LogP contribution is 2.30. The van der Waals surface area contributed by atoms with E-state index in [0.717, 1.165) is 0 Å². The van der Waals surface area contributed by atoms with E-state index >= 15 is 0 Å². The van der Waals surface area contributed by atoms with Crippen molar-refractivity contribution in [3.05, 3.63) is 41.1 Å². The highest BCUT2D eigenvalue weighted by atomic mass is 35.5. The molecule has 1 saturated heterocycles. The van der Waals surface area contributed by atoms with Gasteiger partial charge in [0.25, 0.3) is 0 Å². The van der Waals surface area contributed by atoms with Crippen LogP contribution in [0.5, 0.6) is 0 Å². The zero-order chi connectivity index (χ0) is 15.7. The van der Waals surface area contributed by atoms with Crippen LogP contribution in [0.2, 0.25) is 5.02 Å². The number of rotatable bonds is 3. The highest BCUT2D eigenvalue weighted by molar-refractivity contribution is 7.89. The Kier molecular flexibility index (Phi) is 4.20. The molecule has 0 radical (unpaired) electrons. The first kappa shape index (κ1) is 15.5. The second kappa shape index (κ2) is 5.98. The molecule has 1 fully saturated rings. The lowest BCUT2D eigenvalue weighted by Crippen LogP contribution is -2.37. The fraction of sp³-hybridized carbons (Fsp3) is 0.429. The first-order chi connectivity index (χ1) is 10.5. The molecule has 1 aromatic heterocycles. The summed E-state index contributed by atoms with van der Waals surface area (Å²) in [6.07, 6.45) is 1.35. The molecule has 2 heterocycles. The van der Waals surface area contributed by atoms with Crippen LogP contribution in [0.4, 0.5) is 0 Å². The standard InChI is InChI=1S/C14H16ClN3O3S/c1-10-16-17-14(21-10)11-6-8-18(9-7-11)22(19,20)13-4-2-12(15)3-5-13/h2-5,11H,6-9H2,1H3. The first-order valence-corrected chi connectivity index (χ1v) is 8.84. The number of sulfonamides is 1. The zero-order valence-corrected chi connectivity index (χ0v) is 13.6. The van der Waals surface area contributed by atoms with Gasteiger partial charge < -0.3 is 4.42 Å². The Balaban J connectivity index is 1.71. The normalized spacial score (nSPS) is 17.7. The maximum Gasteiger partial charge on any atom is 0.243 e. The number of hydrogen-bond donors (Lipinski definition) is 0. The summed E-state index contributed by atoms with van der Waals surface area (Å²) in [6, 6.07) is 6.24. The third kappa shape index (κ3) is 3.02. The van der Waals surface area contributed by atoms with Gasteiger partial charge in [-0.1, -0.05) is 11.6 Å². The van der Waals surface area contributed by atoms with Crippen LogP contribution in [0.1, 0.15) is 30.5 Å². The average molecular weight is 342 g/mol. The molecule has 8 heteroatoms. The number of hydrogen-bond acceptors (Lipinski definition) is 5. The van der Waals surface area contributed by atoms with Crippen molar-refractivity contribution >= 4 is 21.6 Å². The van der Waals surface area contributed by atoms with Gasteiger partial charge in [0.1, 0.15) is 0 Å². The maximum atomic E-state index is 12.6. The van der Waals surface area contributed by atoms with E-state index in [-0.39, 0.29) is 10.8 Å². The van der Waals surface area contributed by atoms with Gasteiger partial charge in [-0.2, -0.15) is 4.31 Å². The molecule has 3 rings (SSSR count). The molecule has 6 nitrogen and oxygen atoms in total. The molecule has 1 aliphatic heterocycles. The predicted molar refractivity (Wildman–Crippen MR) is 81.2 cm³/mol. The molecule has 0 aliphatic carbocycles. The van der Waals surface area contributed by atoms with Crippen LogP contribution in [0.3, 0.4) is 0 Å². The number of aromatic nitrogens is 2. The molecule has 2 aromatic rings. The minimum atomic E-state index is -3.47. The minimum Gasteiger partial charge on any atom is -0.425 e. The van der Waals surface area contributed by atoms with Gasteiger partial charge in [0.2, 0.25) is 21.8 Å². The second-order valence-corrected chi connectivity index (χ2v) is 7.67. The van der Waals surface area contributed by atoms with E-state index in [1.165, 1.54) is 16.4 Å². The SMILES string of the molecule is Cc1nnc(C2CCN(S(=O)(=O)c3ccc(Cl)cc3)CC2)o1. The van der Waals surface area contributed by atoms with E-state index < -0.39 is 10.0 Å². The number of nitrogens with zero attached hydrogens (tertiary/aromatic N) is 3. The fourth-order valence-corrected chi connectivity index (χ4v) is 4.17. The lowest BCUT2D eigenvalue weighted by atomic mass is 9.98. The van der Waals surface area contributed by atoms with Crippen LogP contribution in [0.15, 0.2) is 33.6 Å². The van der Waals surface area contributed by atoms with E-state index in [2.05, 4.69) is 10.2 Å². The molecule has 0 unspecified atom stereocenters. The van der Waals surface area contributed by atoms with Crippen LogP contribution >= 0.6 is 11.6 Å². The van der Waals surface area contributed by atoms with Crippen molar-refractivity contribution in [1.29, 1.82) is 0 Å². The van der Waals surface area contributed by atoms with E-state index in [1.54, 1.807) is 19.1 Å². The molecule has 1 aliphatic rings. The lowest BCUT2D eigenvalue weighted by molar-refractivity contribution is 0.288. The molecule has 1 aromatic carbocycles. The Labute approximate surface area is 134 Å². The Hall–Kier alpha value is -1.44. The van der Waals surface area contributed by atoms with E-state index in [1.807, 2.05) is 0 Å². The summed E-state index contributed by atoms with van der Waals surface area (Å²) in [7, 11) is -3.47. The van der Waals surface area contributed by atoms with Gasteiger partial charge in [-0.15, -0.1) is 10.2 Å². The number of aryl methyl sites for hydroxylation is 1. The largest absolute Gasteiger partial charge is 0.425 e. The van der Waals surface area contributed by atoms with Crippen LogP contribution < -0.4 is 0 Å². The summed E-state index contributed by atoms with van der Waals surface area (Å²) in [4.78, 5) is 0.268. The molecule has 0 N–H and O–H groups in total. The van der Waals surface area contributed by atoms with Gasteiger partial charge in [-0.3, -0.25) is 0 Å². The van der Waals surface area contributed by atoms with Crippen molar-refractivity contribution in [2.45, 2.75) is 30.6 Å². The molecule has 0 amide bonds. The van der Waals surface area contributed by atoms with E-state index in [0.29, 0.717) is 42.7 Å². The predicted octanol–water partition coefficient (Wildman–Crippen LogP) is 2.60. The molecule has 0 atom stereocenters. The monoisotopic (exact) mass is 341 g/mol. The topological polar surface area (TPSA) is 76.3 Å². The molecule has 0 spiro atoms. The molecule has 0 saturated carbocycles. The van der Waals surface area contributed by atoms with Crippen molar-refractivity contribution in [2.75, 3.05) is 13.1 Å². The lowest BCUT2D eigenvalue weighted by Gasteiger charge is -2.29. The van der Waals surface area contributed by atoms with E-state index in [9.17, 15) is 8.42 Å². The Morgan fingerprint density at radius 2 is 1.82 bits per heavy atom. The highest BCUT2D eigenvalue weighted by Gasteiger charge is 2.31. The van der Waals surface area contributed by atoms with Crippen LogP contribution in [-0.4, -0.2) is 36.0 Å². The third-order valence-electron chi connectivity index (χ3n) is 3.80. The van der Waals surface area contributed by atoms with Crippen molar-refractivity contribution in [2.24, 2.45) is 0 Å².